The molecule has 10 aromatic rings. The molecule has 7 nitrogen and oxygen atoms in total. The van der Waals surface area contributed by atoms with Crippen LogP contribution in [0.5, 0.6) is 0 Å². The van der Waals surface area contributed by atoms with Gasteiger partial charge < -0.3 is 14.2 Å². The summed E-state index contributed by atoms with van der Waals surface area (Å²) >= 11 is 3.20. The minimum Gasteiger partial charge on any atom is -0.477 e. The molecular formula is C63H51N5O2S2. The van der Waals surface area contributed by atoms with Crippen molar-refractivity contribution >= 4 is 34.7 Å². The second-order valence-electron chi connectivity index (χ2n) is 18.1. The highest BCUT2D eigenvalue weighted by Gasteiger charge is 2.43. The molecule has 0 unspecified atom stereocenters. The van der Waals surface area contributed by atoms with E-state index in [4.69, 9.17) is 9.97 Å². The third-order valence-electron chi connectivity index (χ3n) is 14.3. The standard InChI is InChI=1S/C63H51N5O2S2/c1-5-63(6-2)50-37-44(52-33-34-54(72-52)53-32-30-47(71-53)35-46(39-64)62(69)70)29-31-48(50)55-49(61-66-57(41-23-15-10-16-24-41)59(68(61)8-4)43-27-19-12-20-28-43)36-45(38-51(55)63)60-65-56(40-21-13-9-14-22-40)58(67(60)7-3)42-25-17-11-18-26-42/h9-38H,5-8H2,1-4H3,(H,69,70)/b46-35-. The zero-order valence-electron chi connectivity index (χ0n) is 40.6. The molecule has 352 valence electrons. The lowest BCUT2D eigenvalue weighted by Crippen LogP contribution is -2.23. The summed E-state index contributed by atoms with van der Waals surface area (Å²) < 4.78 is 4.82. The summed E-state index contributed by atoms with van der Waals surface area (Å²) in [4.78, 5) is 27.0. The van der Waals surface area contributed by atoms with Crippen LogP contribution in [0.2, 0.25) is 0 Å². The van der Waals surface area contributed by atoms with E-state index in [2.05, 4.69) is 201 Å². The van der Waals surface area contributed by atoms with Gasteiger partial charge in [-0.3, -0.25) is 0 Å². The van der Waals surface area contributed by atoms with Gasteiger partial charge in [-0.05, 0) is 103 Å². The Morgan fingerprint density at radius 2 is 1.06 bits per heavy atom. The third kappa shape index (κ3) is 7.84. The number of aliphatic carboxylic acids is 1. The first kappa shape index (κ1) is 46.2. The van der Waals surface area contributed by atoms with E-state index in [1.54, 1.807) is 17.4 Å². The smallest absolute Gasteiger partial charge is 0.346 e. The van der Waals surface area contributed by atoms with Gasteiger partial charge in [-0.1, -0.05) is 147 Å². The van der Waals surface area contributed by atoms with Gasteiger partial charge in [-0.25, -0.2) is 14.8 Å². The maximum absolute atomic E-state index is 11.6. The maximum atomic E-state index is 11.6. The average molecular weight is 974 g/mol. The van der Waals surface area contributed by atoms with Crippen molar-refractivity contribution < 1.29 is 9.90 Å². The molecule has 72 heavy (non-hydrogen) atoms. The van der Waals surface area contributed by atoms with Crippen molar-refractivity contribution in [3.63, 3.8) is 0 Å². The minimum atomic E-state index is -1.23. The molecular weight excluding hydrogens is 923 g/mol. The number of fused-ring (bicyclic) bond motifs is 3. The van der Waals surface area contributed by atoms with Crippen LogP contribution in [0.1, 0.15) is 56.5 Å². The van der Waals surface area contributed by atoms with Crippen LogP contribution in [0, 0.1) is 11.3 Å². The molecule has 1 aliphatic rings. The highest BCUT2D eigenvalue weighted by atomic mass is 32.1. The molecule has 1 N–H and O–H groups in total. The van der Waals surface area contributed by atoms with Gasteiger partial charge in [0.05, 0.1) is 22.8 Å². The van der Waals surface area contributed by atoms with Crippen LogP contribution in [-0.2, 0) is 23.3 Å². The van der Waals surface area contributed by atoms with E-state index in [9.17, 15) is 15.2 Å². The molecule has 9 heteroatoms. The summed E-state index contributed by atoms with van der Waals surface area (Å²) in [5, 5.41) is 18.8. The summed E-state index contributed by atoms with van der Waals surface area (Å²) in [6.07, 6.45) is 3.21. The Hall–Kier alpha value is -8.16. The van der Waals surface area contributed by atoms with Gasteiger partial charge in [0, 0.05) is 71.4 Å². The summed E-state index contributed by atoms with van der Waals surface area (Å²) in [7, 11) is 0. The Morgan fingerprint density at radius 3 is 1.60 bits per heavy atom. The van der Waals surface area contributed by atoms with Crippen molar-refractivity contribution in [1.82, 2.24) is 19.1 Å². The molecule has 4 aromatic heterocycles. The lowest BCUT2D eigenvalue weighted by molar-refractivity contribution is -0.132. The molecule has 4 heterocycles. The largest absolute Gasteiger partial charge is 0.477 e. The topological polar surface area (TPSA) is 96.7 Å². The number of nitriles is 1. The average Bonchev–Trinajstić information content (AvgIpc) is 4.29. The molecule has 6 aromatic carbocycles. The molecule has 0 saturated carbocycles. The van der Waals surface area contributed by atoms with Gasteiger partial charge in [0.2, 0.25) is 0 Å². The molecule has 0 atom stereocenters. The fourth-order valence-corrected chi connectivity index (χ4v) is 12.9. The number of carbonyl (C=O) groups is 1. The van der Waals surface area contributed by atoms with E-state index >= 15 is 0 Å². The molecule has 0 amide bonds. The molecule has 0 spiro atoms. The summed E-state index contributed by atoms with van der Waals surface area (Å²) in [5.74, 6) is 0.614. The predicted molar refractivity (Wildman–Crippen MR) is 297 cm³/mol. The van der Waals surface area contributed by atoms with Gasteiger partial charge >= 0.3 is 5.97 Å². The molecule has 0 saturated heterocycles. The first-order valence-electron chi connectivity index (χ1n) is 24.6. The van der Waals surface area contributed by atoms with Crippen molar-refractivity contribution in [2.24, 2.45) is 0 Å². The van der Waals surface area contributed by atoms with Gasteiger partial charge in [-0.2, -0.15) is 5.26 Å². The van der Waals surface area contributed by atoms with E-state index in [0.717, 1.165) is 112 Å². The molecule has 1 aliphatic carbocycles. The number of rotatable bonds is 14. The van der Waals surface area contributed by atoms with Crippen molar-refractivity contribution in [2.45, 2.75) is 59.0 Å². The van der Waals surface area contributed by atoms with Crippen LogP contribution in [-0.4, -0.2) is 30.2 Å². The van der Waals surface area contributed by atoms with Crippen molar-refractivity contribution in [3.05, 3.63) is 198 Å². The monoisotopic (exact) mass is 973 g/mol. The number of aromatic nitrogens is 4. The number of nitrogens with zero attached hydrogens (tertiary/aromatic N) is 5. The number of thiophene rings is 2. The van der Waals surface area contributed by atoms with E-state index in [-0.39, 0.29) is 11.0 Å². The van der Waals surface area contributed by atoms with Gasteiger partial charge in [-0.15, -0.1) is 22.7 Å². The van der Waals surface area contributed by atoms with Crippen LogP contribution in [0.3, 0.4) is 0 Å². The first-order valence-corrected chi connectivity index (χ1v) is 26.2. The second-order valence-corrected chi connectivity index (χ2v) is 20.3. The molecule has 11 rings (SSSR count). The van der Waals surface area contributed by atoms with Gasteiger partial charge in [0.1, 0.15) is 23.3 Å². The van der Waals surface area contributed by atoms with E-state index in [0.29, 0.717) is 6.54 Å². The Balaban J connectivity index is 1.16. The summed E-state index contributed by atoms with van der Waals surface area (Å²) in [6, 6.07) is 64.4. The predicted octanol–water partition coefficient (Wildman–Crippen LogP) is 16.7. The molecule has 0 radical (unpaired) electrons. The Kier molecular flexibility index (Phi) is 12.3. The second kappa shape index (κ2) is 19.2. The van der Waals surface area contributed by atoms with E-state index in [1.165, 1.54) is 39.7 Å². The van der Waals surface area contributed by atoms with E-state index in [1.807, 2.05) is 12.1 Å². The third-order valence-corrected chi connectivity index (χ3v) is 16.7. The van der Waals surface area contributed by atoms with Gasteiger partial charge in [0.25, 0.3) is 0 Å². The number of hydrogen-bond donors (Lipinski definition) is 1. The Labute approximate surface area is 428 Å². The Bertz CT molecular complexity index is 3720. The quantitative estimate of drug-likeness (QED) is 0.0865. The number of carboxylic acid groups (broad SMARTS) is 1. The summed E-state index contributed by atoms with van der Waals surface area (Å²) in [6.45, 7) is 10.5. The van der Waals surface area contributed by atoms with E-state index < -0.39 is 5.97 Å². The van der Waals surface area contributed by atoms with Gasteiger partial charge in [0.15, 0.2) is 0 Å². The van der Waals surface area contributed by atoms with Crippen molar-refractivity contribution in [3.8, 4) is 105 Å². The van der Waals surface area contributed by atoms with Crippen LogP contribution in [0.25, 0.3) is 105 Å². The lowest BCUT2D eigenvalue weighted by Gasteiger charge is -2.30. The molecule has 0 aliphatic heterocycles. The fraction of sp³-hybridized carbons (Fsp3) is 0.143. The number of carboxylic acids is 1. The van der Waals surface area contributed by atoms with Crippen molar-refractivity contribution in [2.75, 3.05) is 0 Å². The molecule has 0 fully saturated rings. The Morgan fingerprint density at radius 1 is 0.556 bits per heavy atom. The molecule has 0 bridgehead atoms. The first-order chi connectivity index (χ1) is 35.3. The lowest BCUT2D eigenvalue weighted by atomic mass is 9.73. The minimum absolute atomic E-state index is 0.281. The zero-order chi connectivity index (χ0) is 49.5. The number of imidazole rings is 2. The van der Waals surface area contributed by atoms with Crippen LogP contribution in [0.4, 0.5) is 0 Å². The van der Waals surface area contributed by atoms with Crippen LogP contribution in [0.15, 0.2) is 181 Å². The summed E-state index contributed by atoms with van der Waals surface area (Å²) in [5.41, 5.74) is 16.2. The normalized spacial score (nSPS) is 12.7. The SMILES string of the molecule is CCn1c(-c2cc(-c3nc(-c4ccccc4)c(-c4ccccc4)n3CC)c3c(c2)C(CC)(CC)c2cc(-c4ccc(-c5ccc(/C=C(/C#N)C(=O)O)s5)s4)ccc2-3)nc(-c2ccccc2)c1-c1ccccc1. The highest BCUT2D eigenvalue weighted by molar-refractivity contribution is 7.24. The fourth-order valence-electron chi connectivity index (χ4n) is 10.9. The van der Waals surface area contributed by atoms with Crippen LogP contribution >= 0.6 is 22.7 Å². The highest BCUT2D eigenvalue weighted by Crippen LogP contribution is 2.58. The van der Waals surface area contributed by atoms with Crippen molar-refractivity contribution in [1.29, 1.82) is 5.26 Å². The van der Waals surface area contributed by atoms with Crippen LogP contribution < -0.4 is 0 Å². The number of hydrogen-bond acceptors (Lipinski definition) is 6. The number of benzene rings is 6. The maximum Gasteiger partial charge on any atom is 0.346 e. The zero-order valence-corrected chi connectivity index (χ0v) is 42.2.